The predicted molar refractivity (Wildman–Crippen MR) is 81.5 cm³/mol. The Kier molecular flexibility index (Phi) is 4.12. The van der Waals surface area contributed by atoms with Crippen molar-refractivity contribution in [2.45, 2.75) is 19.9 Å². The molecule has 3 aromatic rings. The van der Waals surface area contributed by atoms with Crippen LogP contribution >= 0.6 is 0 Å². The Morgan fingerprint density at radius 3 is 3.00 bits per heavy atom. The van der Waals surface area contributed by atoms with Crippen LogP contribution in [-0.2, 0) is 6.54 Å². The van der Waals surface area contributed by atoms with Gasteiger partial charge in [0.2, 0.25) is 5.88 Å². The summed E-state index contributed by atoms with van der Waals surface area (Å²) in [6.45, 7) is 3.83. The van der Waals surface area contributed by atoms with Gasteiger partial charge in [0.05, 0.1) is 6.20 Å². The van der Waals surface area contributed by atoms with Crippen molar-refractivity contribution in [3.8, 4) is 11.6 Å². The number of aromatic nitrogens is 3. The highest BCUT2D eigenvalue weighted by molar-refractivity contribution is 5.46. The van der Waals surface area contributed by atoms with Gasteiger partial charge in [-0.3, -0.25) is 9.38 Å². The summed E-state index contributed by atoms with van der Waals surface area (Å²) < 4.78 is 7.94. The fraction of sp³-hybridized carbons (Fsp3) is 0.250. The Morgan fingerprint density at radius 1 is 1.24 bits per heavy atom. The molecular weight excluding hydrogens is 264 g/mol. The number of pyridine rings is 2. The fourth-order valence-electron chi connectivity index (χ4n) is 2.17. The molecular formula is C16H18N4O. The molecule has 1 N–H and O–H groups in total. The molecule has 0 bridgehead atoms. The third-order valence-corrected chi connectivity index (χ3v) is 3.16. The van der Waals surface area contributed by atoms with E-state index in [0.29, 0.717) is 18.2 Å². The summed E-state index contributed by atoms with van der Waals surface area (Å²) in [5.41, 5.74) is 1.90. The quantitative estimate of drug-likeness (QED) is 0.706. The summed E-state index contributed by atoms with van der Waals surface area (Å²) >= 11 is 0. The van der Waals surface area contributed by atoms with Gasteiger partial charge in [-0.15, -0.1) is 0 Å². The van der Waals surface area contributed by atoms with Gasteiger partial charge in [-0.25, -0.2) is 0 Å². The summed E-state index contributed by atoms with van der Waals surface area (Å²) in [5, 5.41) is 3.40. The third kappa shape index (κ3) is 3.03. The normalized spacial score (nSPS) is 10.9. The van der Waals surface area contributed by atoms with Crippen molar-refractivity contribution in [1.29, 1.82) is 0 Å². The van der Waals surface area contributed by atoms with E-state index in [9.17, 15) is 0 Å². The van der Waals surface area contributed by atoms with Gasteiger partial charge in [-0.2, -0.15) is 4.98 Å². The van der Waals surface area contributed by atoms with Crippen LogP contribution in [0, 0.1) is 0 Å². The largest absolute Gasteiger partial charge is 0.436 e. The van der Waals surface area contributed by atoms with Crippen LogP contribution in [0.2, 0.25) is 0 Å². The molecule has 0 unspecified atom stereocenters. The van der Waals surface area contributed by atoms with Crippen molar-refractivity contribution in [2.75, 3.05) is 6.54 Å². The minimum Gasteiger partial charge on any atom is -0.436 e. The first-order chi connectivity index (χ1) is 10.4. The molecule has 0 aromatic carbocycles. The summed E-state index contributed by atoms with van der Waals surface area (Å²) in [6, 6.07) is 9.66. The molecule has 21 heavy (non-hydrogen) atoms. The smallest absolute Gasteiger partial charge is 0.242 e. The second-order valence-corrected chi connectivity index (χ2v) is 4.76. The number of nitrogens with zero attached hydrogens (tertiary/aromatic N) is 3. The maximum Gasteiger partial charge on any atom is 0.242 e. The molecule has 108 valence electrons. The lowest BCUT2D eigenvalue weighted by atomic mass is 10.4. The van der Waals surface area contributed by atoms with E-state index in [2.05, 4.69) is 22.2 Å². The summed E-state index contributed by atoms with van der Waals surface area (Å²) in [4.78, 5) is 8.62. The second-order valence-electron chi connectivity index (χ2n) is 4.76. The molecule has 5 heteroatoms. The molecule has 0 aliphatic carbocycles. The van der Waals surface area contributed by atoms with Gasteiger partial charge in [0.15, 0.2) is 0 Å². The summed E-state index contributed by atoms with van der Waals surface area (Å²) in [6.07, 6.45) is 6.50. The van der Waals surface area contributed by atoms with Crippen LogP contribution in [0.3, 0.4) is 0 Å². The minimum atomic E-state index is 0.623. The highest BCUT2D eigenvalue weighted by atomic mass is 16.5. The van der Waals surface area contributed by atoms with Crippen molar-refractivity contribution in [3.63, 3.8) is 0 Å². The molecule has 0 saturated carbocycles. The first-order valence-corrected chi connectivity index (χ1v) is 7.13. The van der Waals surface area contributed by atoms with E-state index in [4.69, 9.17) is 4.74 Å². The maximum atomic E-state index is 5.89. The highest BCUT2D eigenvalue weighted by Crippen LogP contribution is 2.25. The van der Waals surface area contributed by atoms with E-state index >= 15 is 0 Å². The number of fused-ring (bicyclic) bond motifs is 1. The van der Waals surface area contributed by atoms with E-state index < -0.39 is 0 Å². The molecule has 3 heterocycles. The Balaban J connectivity index is 1.94. The van der Waals surface area contributed by atoms with E-state index in [1.165, 1.54) is 0 Å². The number of ether oxygens (including phenoxy) is 1. The Labute approximate surface area is 123 Å². The van der Waals surface area contributed by atoms with E-state index in [0.717, 1.165) is 24.3 Å². The predicted octanol–water partition coefficient (Wildman–Crippen LogP) is 3.02. The van der Waals surface area contributed by atoms with Gasteiger partial charge >= 0.3 is 0 Å². The highest BCUT2D eigenvalue weighted by Gasteiger charge is 2.13. The van der Waals surface area contributed by atoms with Crippen molar-refractivity contribution in [2.24, 2.45) is 0 Å². The van der Waals surface area contributed by atoms with Gasteiger partial charge in [0, 0.05) is 18.9 Å². The third-order valence-electron chi connectivity index (χ3n) is 3.16. The van der Waals surface area contributed by atoms with Crippen molar-refractivity contribution in [1.82, 2.24) is 19.7 Å². The minimum absolute atomic E-state index is 0.623. The van der Waals surface area contributed by atoms with E-state index in [1.807, 2.05) is 40.9 Å². The molecule has 0 aliphatic rings. The van der Waals surface area contributed by atoms with Crippen molar-refractivity contribution >= 4 is 5.65 Å². The first kappa shape index (κ1) is 13.6. The second kappa shape index (κ2) is 6.37. The van der Waals surface area contributed by atoms with Crippen LogP contribution in [0.4, 0.5) is 0 Å². The van der Waals surface area contributed by atoms with Gasteiger partial charge in [0.1, 0.15) is 17.1 Å². The molecule has 0 atom stereocenters. The van der Waals surface area contributed by atoms with Crippen LogP contribution in [0.1, 0.15) is 19.0 Å². The monoisotopic (exact) mass is 282 g/mol. The molecule has 5 nitrogen and oxygen atoms in total. The van der Waals surface area contributed by atoms with Gasteiger partial charge in [0.25, 0.3) is 0 Å². The van der Waals surface area contributed by atoms with Gasteiger partial charge in [-0.05, 0) is 37.2 Å². The SMILES string of the molecule is CCCNCc1c(Oc2cccnc2)nc2ccccn12. The maximum absolute atomic E-state index is 5.89. The molecule has 3 aromatic heterocycles. The van der Waals surface area contributed by atoms with Gasteiger partial charge < -0.3 is 10.1 Å². The lowest BCUT2D eigenvalue weighted by Gasteiger charge is -2.07. The molecule has 0 radical (unpaired) electrons. The first-order valence-electron chi connectivity index (χ1n) is 7.13. The number of hydrogen-bond donors (Lipinski definition) is 1. The van der Waals surface area contributed by atoms with E-state index in [1.54, 1.807) is 12.4 Å². The fourth-order valence-corrected chi connectivity index (χ4v) is 2.17. The Bertz CT molecular complexity index is 709. The zero-order chi connectivity index (χ0) is 14.5. The number of hydrogen-bond acceptors (Lipinski definition) is 4. The Morgan fingerprint density at radius 2 is 2.19 bits per heavy atom. The average molecular weight is 282 g/mol. The molecule has 0 fully saturated rings. The Hall–Kier alpha value is -2.40. The topological polar surface area (TPSA) is 51.5 Å². The molecule has 3 rings (SSSR count). The number of imidazole rings is 1. The lowest BCUT2D eigenvalue weighted by molar-refractivity contribution is 0.453. The molecule has 0 aliphatic heterocycles. The zero-order valence-electron chi connectivity index (χ0n) is 12.0. The lowest BCUT2D eigenvalue weighted by Crippen LogP contribution is -2.15. The summed E-state index contributed by atoms with van der Waals surface area (Å²) in [7, 11) is 0. The van der Waals surface area contributed by atoms with Crippen LogP contribution < -0.4 is 10.1 Å². The van der Waals surface area contributed by atoms with Crippen molar-refractivity contribution < 1.29 is 4.74 Å². The molecule has 0 amide bonds. The molecule has 0 spiro atoms. The van der Waals surface area contributed by atoms with Crippen molar-refractivity contribution in [3.05, 3.63) is 54.6 Å². The molecule has 0 saturated heterocycles. The van der Waals surface area contributed by atoms with Crippen LogP contribution in [-0.4, -0.2) is 20.9 Å². The standard InChI is InChI=1S/C16H18N4O/c1-2-8-17-12-14-16(21-13-6-5-9-18-11-13)19-15-7-3-4-10-20(14)15/h3-7,9-11,17H,2,8,12H2,1H3. The van der Waals surface area contributed by atoms with E-state index in [-0.39, 0.29) is 0 Å². The van der Waals surface area contributed by atoms with Crippen LogP contribution in [0.25, 0.3) is 5.65 Å². The summed E-state index contributed by atoms with van der Waals surface area (Å²) in [5.74, 6) is 1.32. The number of nitrogens with one attached hydrogen (secondary N) is 1. The zero-order valence-corrected chi connectivity index (χ0v) is 12.0. The van der Waals surface area contributed by atoms with Crippen LogP contribution in [0.15, 0.2) is 48.9 Å². The van der Waals surface area contributed by atoms with Crippen LogP contribution in [0.5, 0.6) is 11.6 Å². The van der Waals surface area contributed by atoms with Gasteiger partial charge in [-0.1, -0.05) is 13.0 Å². The number of rotatable bonds is 6. The average Bonchev–Trinajstić information content (AvgIpc) is 2.86.